The molecule has 0 bridgehead atoms. The number of hydrogen-bond acceptors (Lipinski definition) is 6. The highest BCUT2D eigenvalue weighted by atomic mass is 32.2. The summed E-state index contributed by atoms with van der Waals surface area (Å²) in [5.41, 5.74) is 4.17. The lowest BCUT2D eigenvalue weighted by Crippen LogP contribution is -2.46. The number of likely N-dealkylation sites (tertiary alicyclic amines) is 2. The first-order chi connectivity index (χ1) is 20.5. The molecule has 43 heavy (non-hydrogen) atoms. The van der Waals surface area contributed by atoms with Crippen molar-refractivity contribution in [1.29, 1.82) is 0 Å². The van der Waals surface area contributed by atoms with Gasteiger partial charge in [0.05, 0.1) is 4.90 Å². The number of carbonyl (C=O) groups is 1. The topological polar surface area (TPSA) is 110 Å². The number of aliphatic carboxylic acids is 1. The smallest absolute Gasteiger partial charge is 0.475 e. The summed E-state index contributed by atoms with van der Waals surface area (Å²) >= 11 is 0. The van der Waals surface area contributed by atoms with Crippen LogP contribution in [0.1, 0.15) is 50.6 Å². The Balaban J connectivity index is 0.000000472. The number of sulfonamides is 1. The summed E-state index contributed by atoms with van der Waals surface area (Å²) in [5, 5.41) is 8.21. The van der Waals surface area contributed by atoms with Gasteiger partial charge in [-0.3, -0.25) is 4.90 Å². The number of nitrogens with one attached hydrogen (secondary N) is 1. The van der Waals surface area contributed by atoms with Crippen molar-refractivity contribution in [2.75, 3.05) is 39.3 Å². The number of hydrogen-bond donors (Lipinski definition) is 2. The number of alkyl halides is 3. The van der Waals surface area contributed by atoms with Gasteiger partial charge in [0.15, 0.2) is 0 Å². The van der Waals surface area contributed by atoms with E-state index in [1.54, 1.807) is 16.4 Å². The van der Waals surface area contributed by atoms with Crippen LogP contribution in [0.3, 0.4) is 0 Å². The molecule has 3 aliphatic heterocycles. The molecule has 3 saturated heterocycles. The highest BCUT2D eigenvalue weighted by Gasteiger charge is 2.38. The summed E-state index contributed by atoms with van der Waals surface area (Å²) in [7, 11) is -3.40. The fourth-order valence-electron chi connectivity index (χ4n) is 6.27. The molecular weight excluding hydrogens is 583 g/mol. The van der Waals surface area contributed by atoms with Crippen molar-refractivity contribution >= 4 is 27.0 Å². The number of carboxylic acids is 1. The molecule has 234 valence electrons. The van der Waals surface area contributed by atoms with E-state index in [1.165, 1.54) is 50.9 Å². The van der Waals surface area contributed by atoms with Gasteiger partial charge in [0.2, 0.25) is 10.0 Å². The van der Waals surface area contributed by atoms with Crippen LogP contribution in [0.25, 0.3) is 22.2 Å². The molecule has 0 radical (unpaired) electrons. The van der Waals surface area contributed by atoms with Crippen molar-refractivity contribution in [3.05, 3.63) is 48.3 Å². The number of nitrogens with zero attached hydrogens (tertiary/aromatic N) is 4. The van der Waals surface area contributed by atoms with Crippen molar-refractivity contribution in [2.24, 2.45) is 0 Å². The number of fused-ring (bicyclic) bond motifs is 1. The Hall–Kier alpha value is -3.00. The number of halogens is 3. The van der Waals surface area contributed by atoms with Gasteiger partial charge >= 0.3 is 12.1 Å². The molecule has 3 aliphatic rings. The van der Waals surface area contributed by atoms with Gasteiger partial charge < -0.3 is 15.0 Å². The van der Waals surface area contributed by atoms with E-state index in [2.05, 4.69) is 25.8 Å². The average molecular weight is 622 g/mol. The number of aromatic amines is 1. The summed E-state index contributed by atoms with van der Waals surface area (Å²) < 4.78 is 59.1. The van der Waals surface area contributed by atoms with Crippen LogP contribution in [0.4, 0.5) is 13.2 Å². The third-order valence-corrected chi connectivity index (χ3v) is 10.5. The largest absolute Gasteiger partial charge is 0.490 e. The molecule has 0 unspecified atom stereocenters. The lowest BCUT2D eigenvalue weighted by atomic mass is 10.00. The van der Waals surface area contributed by atoms with E-state index in [1.807, 2.05) is 24.4 Å². The van der Waals surface area contributed by atoms with Crippen LogP contribution in [0.15, 0.2) is 47.5 Å². The maximum Gasteiger partial charge on any atom is 0.490 e. The number of benzene rings is 1. The zero-order valence-electron chi connectivity index (χ0n) is 24.0. The first-order valence-corrected chi connectivity index (χ1v) is 16.3. The van der Waals surface area contributed by atoms with Crippen LogP contribution in [0.5, 0.6) is 0 Å². The van der Waals surface area contributed by atoms with Crippen molar-refractivity contribution in [1.82, 2.24) is 24.1 Å². The second-order valence-corrected chi connectivity index (χ2v) is 13.4. The molecule has 0 spiro atoms. The SMILES string of the molecule is O=C(O)C(F)(F)F.O=S(=O)(c1ccc(-c2ccnc3[nH]c(CN4CCC(N5CCCCC5)CC4)cc23)cc1)N1CCCC1. The summed E-state index contributed by atoms with van der Waals surface area (Å²) in [6.45, 7) is 7.01. The van der Waals surface area contributed by atoms with Gasteiger partial charge in [-0.05, 0) is 87.0 Å². The Morgan fingerprint density at radius 1 is 0.930 bits per heavy atom. The van der Waals surface area contributed by atoms with Crippen LogP contribution in [0.2, 0.25) is 0 Å². The number of carboxylic acid groups (broad SMARTS) is 1. The van der Waals surface area contributed by atoms with Crippen LogP contribution < -0.4 is 0 Å². The highest BCUT2D eigenvalue weighted by molar-refractivity contribution is 7.89. The van der Waals surface area contributed by atoms with Crippen molar-refractivity contribution in [3.63, 3.8) is 0 Å². The van der Waals surface area contributed by atoms with E-state index in [9.17, 15) is 21.6 Å². The van der Waals surface area contributed by atoms with Crippen LogP contribution in [0, 0.1) is 0 Å². The molecule has 3 fully saturated rings. The Morgan fingerprint density at radius 2 is 1.53 bits per heavy atom. The second-order valence-electron chi connectivity index (χ2n) is 11.5. The lowest BCUT2D eigenvalue weighted by Gasteiger charge is -2.40. The number of pyridine rings is 1. The minimum Gasteiger partial charge on any atom is -0.475 e. The summed E-state index contributed by atoms with van der Waals surface area (Å²) in [6, 6.07) is 12.3. The minimum absolute atomic E-state index is 0.376. The van der Waals surface area contributed by atoms with Gasteiger partial charge in [0.25, 0.3) is 0 Å². The standard InChI is InChI=1S/C28H37N5O2S.C2HF3O2/c34-36(35,33-16-4-5-17-33)25-8-6-22(7-9-25)26-10-13-29-28-27(26)20-23(30-28)21-31-18-11-24(12-19-31)32-14-2-1-3-15-32;3-2(4,5)1(6)7/h6-10,13,20,24H,1-5,11-12,14-19,21H2,(H,29,30);(H,6,7). The van der Waals surface area contributed by atoms with Crippen LogP contribution in [-0.4, -0.2) is 95.1 Å². The molecule has 9 nitrogen and oxygen atoms in total. The zero-order valence-corrected chi connectivity index (χ0v) is 24.8. The van der Waals surface area contributed by atoms with E-state index >= 15 is 0 Å². The molecule has 0 atom stereocenters. The van der Waals surface area contributed by atoms with E-state index in [0.717, 1.165) is 60.7 Å². The van der Waals surface area contributed by atoms with Crippen LogP contribution >= 0.6 is 0 Å². The first-order valence-electron chi connectivity index (χ1n) is 14.9. The number of piperidine rings is 2. The molecule has 2 N–H and O–H groups in total. The third-order valence-electron chi connectivity index (χ3n) is 8.56. The average Bonchev–Trinajstić information content (AvgIpc) is 3.69. The van der Waals surface area contributed by atoms with E-state index < -0.39 is 22.2 Å². The van der Waals surface area contributed by atoms with Gasteiger partial charge in [-0.1, -0.05) is 18.6 Å². The second kappa shape index (κ2) is 13.3. The molecule has 0 aliphatic carbocycles. The summed E-state index contributed by atoms with van der Waals surface area (Å²) in [5.74, 6) is -2.76. The summed E-state index contributed by atoms with van der Waals surface area (Å²) in [4.78, 5) is 22.7. The minimum atomic E-state index is -5.08. The van der Waals surface area contributed by atoms with E-state index in [4.69, 9.17) is 9.90 Å². The van der Waals surface area contributed by atoms with E-state index in [0.29, 0.717) is 18.0 Å². The monoisotopic (exact) mass is 621 g/mol. The molecule has 0 amide bonds. The zero-order chi connectivity index (χ0) is 30.6. The fourth-order valence-corrected chi connectivity index (χ4v) is 7.79. The first kappa shape index (κ1) is 31.4. The normalized spacial score (nSPS) is 19.8. The molecule has 0 saturated carbocycles. The van der Waals surface area contributed by atoms with Gasteiger partial charge in [-0.15, -0.1) is 0 Å². The van der Waals surface area contributed by atoms with Crippen molar-refractivity contribution in [2.45, 2.75) is 68.6 Å². The maximum atomic E-state index is 12.9. The van der Waals surface area contributed by atoms with Crippen LogP contribution in [-0.2, 0) is 21.4 Å². The quantitative estimate of drug-likeness (QED) is 0.394. The maximum absolute atomic E-state index is 12.9. The van der Waals surface area contributed by atoms with Crippen molar-refractivity contribution in [3.8, 4) is 11.1 Å². The molecule has 5 heterocycles. The highest BCUT2D eigenvalue weighted by Crippen LogP contribution is 2.31. The molecule has 3 aromatic rings. The molecule has 13 heteroatoms. The number of H-pyrrole nitrogens is 1. The number of aromatic nitrogens is 2. The molecule has 2 aromatic heterocycles. The molecule has 1 aromatic carbocycles. The van der Waals surface area contributed by atoms with Crippen molar-refractivity contribution < 1.29 is 31.5 Å². The summed E-state index contributed by atoms with van der Waals surface area (Å²) in [6.07, 6.45) is 5.28. The Kier molecular flexibility index (Phi) is 9.74. The van der Waals surface area contributed by atoms with Gasteiger partial charge in [-0.2, -0.15) is 17.5 Å². The predicted molar refractivity (Wildman–Crippen MR) is 157 cm³/mol. The lowest BCUT2D eigenvalue weighted by molar-refractivity contribution is -0.192. The van der Waals surface area contributed by atoms with E-state index in [-0.39, 0.29) is 0 Å². The Morgan fingerprint density at radius 3 is 2.14 bits per heavy atom. The Bertz CT molecular complexity index is 1490. The molecule has 6 rings (SSSR count). The van der Waals surface area contributed by atoms with Gasteiger partial charge in [0, 0.05) is 56.0 Å². The van der Waals surface area contributed by atoms with Gasteiger partial charge in [-0.25, -0.2) is 18.2 Å². The fraction of sp³-hybridized carbons (Fsp3) is 0.533. The Labute approximate surface area is 249 Å². The molecular formula is C30H38F3N5O4S. The third kappa shape index (κ3) is 7.57. The van der Waals surface area contributed by atoms with Gasteiger partial charge in [0.1, 0.15) is 5.65 Å². The number of rotatable bonds is 6. The predicted octanol–water partition coefficient (Wildman–Crippen LogP) is 5.10.